The Morgan fingerprint density at radius 1 is 1.50 bits per heavy atom. The van der Waals surface area contributed by atoms with Crippen LogP contribution in [0.25, 0.3) is 0 Å². The molecule has 0 aliphatic carbocycles. The Balaban J connectivity index is 2.42. The number of ether oxygens (including phenoxy) is 1. The summed E-state index contributed by atoms with van der Waals surface area (Å²) in [6.45, 7) is 2.25. The predicted molar refractivity (Wildman–Crippen MR) is 49.6 cm³/mol. The zero-order valence-electron chi connectivity index (χ0n) is 7.92. The van der Waals surface area contributed by atoms with Crippen molar-refractivity contribution < 1.29 is 13.9 Å². The van der Waals surface area contributed by atoms with Gasteiger partial charge in [-0.2, -0.15) is 0 Å². The van der Waals surface area contributed by atoms with Gasteiger partial charge in [-0.3, -0.25) is 4.79 Å². The van der Waals surface area contributed by atoms with Crippen molar-refractivity contribution in [3.05, 3.63) is 35.6 Å². The third-order valence-corrected chi connectivity index (χ3v) is 2.75. The second kappa shape index (κ2) is 3.17. The number of halogens is 1. The minimum absolute atomic E-state index is 0.0364. The predicted octanol–water partition coefficient (Wildman–Crippen LogP) is 1.68. The highest BCUT2D eigenvalue weighted by molar-refractivity contribution is 5.89. The molecule has 14 heavy (non-hydrogen) atoms. The monoisotopic (exact) mass is 194 g/mol. The Hall–Kier alpha value is -1.22. The fourth-order valence-electron chi connectivity index (χ4n) is 1.67. The van der Waals surface area contributed by atoms with E-state index in [1.807, 2.05) is 0 Å². The molecule has 1 fully saturated rings. The van der Waals surface area contributed by atoms with Crippen LogP contribution in [-0.4, -0.2) is 19.0 Å². The quantitative estimate of drug-likeness (QED) is 0.716. The molecule has 0 unspecified atom stereocenters. The molecule has 0 radical (unpaired) electrons. The van der Waals surface area contributed by atoms with Gasteiger partial charge in [-0.05, 0) is 24.6 Å². The van der Waals surface area contributed by atoms with Crippen LogP contribution >= 0.6 is 0 Å². The number of rotatable bonds is 2. The highest BCUT2D eigenvalue weighted by Crippen LogP contribution is 2.33. The number of carbonyl (C=O) groups excluding carboxylic acids is 1. The summed E-state index contributed by atoms with van der Waals surface area (Å²) in [5, 5.41) is 0. The fraction of sp³-hybridized carbons (Fsp3) is 0.364. The summed E-state index contributed by atoms with van der Waals surface area (Å²) in [6.07, 6.45) is 0. The van der Waals surface area contributed by atoms with E-state index in [1.165, 1.54) is 19.1 Å². The van der Waals surface area contributed by atoms with Crippen LogP contribution in [0, 0.1) is 5.82 Å². The molecule has 0 aromatic heterocycles. The Kier molecular flexibility index (Phi) is 2.11. The van der Waals surface area contributed by atoms with Crippen LogP contribution in [0.15, 0.2) is 24.3 Å². The molecule has 1 saturated heterocycles. The number of ketones is 1. The van der Waals surface area contributed by atoms with Crippen LogP contribution in [0.1, 0.15) is 12.5 Å². The van der Waals surface area contributed by atoms with E-state index in [9.17, 15) is 9.18 Å². The molecule has 1 heterocycles. The van der Waals surface area contributed by atoms with E-state index >= 15 is 0 Å². The lowest BCUT2D eigenvalue weighted by atomic mass is 9.75. The van der Waals surface area contributed by atoms with E-state index in [0.717, 1.165) is 5.56 Å². The lowest BCUT2D eigenvalue weighted by Gasteiger charge is -2.39. The SMILES string of the molecule is CC(=O)C1(c2cccc(F)c2)COC1. The Bertz CT molecular complexity index is 369. The first-order valence-corrected chi connectivity index (χ1v) is 4.50. The van der Waals surface area contributed by atoms with Gasteiger partial charge in [0.25, 0.3) is 0 Å². The molecule has 1 aromatic carbocycles. The molecule has 0 spiro atoms. The average Bonchev–Trinajstić information content (AvgIpc) is 2.00. The van der Waals surface area contributed by atoms with Gasteiger partial charge >= 0.3 is 0 Å². The average molecular weight is 194 g/mol. The maximum Gasteiger partial charge on any atom is 0.145 e. The summed E-state index contributed by atoms with van der Waals surface area (Å²) < 4.78 is 18.0. The fourth-order valence-corrected chi connectivity index (χ4v) is 1.67. The van der Waals surface area contributed by atoms with Gasteiger partial charge in [0.2, 0.25) is 0 Å². The van der Waals surface area contributed by atoms with Crippen molar-refractivity contribution in [1.82, 2.24) is 0 Å². The maximum absolute atomic E-state index is 13.0. The lowest BCUT2D eigenvalue weighted by molar-refractivity contribution is -0.140. The number of carbonyl (C=O) groups is 1. The Labute approximate surface area is 81.7 Å². The van der Waals surface area contributed by atoms with Gasteiger partial charge in [0.15, 0.2) is 0 Å². The van der Waals surface area contributed by atoms with Crippen LogP contribution in [0.3, 0.4) is 0 Å². The molecule has 1 aromatic rings. The van der Waals surface area contributed by atoms with Crippen LogP contribution in [-0.2, 0) is 14.9 Å². The van der Waals surface area contributed by atoms with Gasteiger partial charge in [0.05, 0.1) is 13.2 Å². The highest BCUT2D eigenvalue weighted by Gasteiger charge is 2.44. The summed E-state index contributed by atoms with van der Waals surface area (Å²) in [4.78, 5) is 11.5. The zero-order valence-corrected chi connectivity index (χ0v) is 7.92. The van der Waals surface area contributed by atoms with Gasteiger partial charge in [-0.1, -0.05) is 12.1 Å². The summed E-state index contributed by atoms with van der Waals surface area (Å²) in [5.74, 6) is -0.274. The van der Waals surface area contributed by atoms with Crippen molar-refractivity contribution in [3.63, 3.8) is 0 Å². The van der Waals surface area contributed by atoms with Crippen molar-refractivity contribution in [2.75, 3.05) is 13.2 Å². The summed E-state index contributed by atoms with van der Waals surface area (Å²) in [7, 11) is 0. The van der Waals surface area contributed by atoms with Crippen molar-refractivity contribution in [2.45, 2.75) is 12.3 Å². The van der Waals surface area contributed by atoms with Crippen molar-refractivity contribution in [3.8, 4) is 0 Å². The van der Waals surface area contributed by atoms with Gasteiger partial charge in [0, 0.05) is 0 Å². The molecule has 74 valence electrons. The van der Waals surface area contributed by atoms with E-state index in [2.05, 4.69) is 0 Å². The van der Waals surface area contributed by atoms with E-state index in [1.54, 1.807) is 12.1 Å². The van der Waals surface area contributed by atoms with Crippen LogP contribution < -0.4 is 0 Å². The topological polar surface area (TPSA) is 26.3 Å². The molecular weight excluding hydrogens is 183 g/mol. The first-order chi connectivity index (χ1) is 6.65. The molecule has 1 aliphatic heterocycles. The molecule has 0 atom stereocenters. The molecule has 2 nitrogen and oxygen atoms in total. The third-order valence-electron chi connectivity index (χ3n) is 2.75. The van der Waals surface area contributed by atoms with E-state index in [-0.39, 0.29) is 11.6 Å². The van der Waals surface area contributed by atoms with Crippen molar-refractivity contribution in [1.29, 1.82) is 0 Å². The number of hydrogen-bond donors (Lipinski definition) is 0. The van der Waals surface area contributed by atoms with Gasteiger partial charge in [-0.25, -0.2) is 4.39 Å². The minimum Gasteiger partial charge on any atom is -0.378 e. The number of benzene rings is 1. The Morgan fingerprint density at radius 2 is 2.21 bits per heavy atom. The molecular formula is C11H11FO2. The molecule has 0 saturated carbocycles. The van der Waals surface area contributed by atoms with Gasteiger partial charge in [-0.15, -0.1) is 0 Å². The molecule has 0 N–H and O–H groups in total. The largest absolute Gasteiger partial charge is 0.378 e. The number of hydrogen-bond acceptors (Lipinski definition) is 2. The minimum atomic E-state index is -0.595. The lowest BCUT2D eigenvalue weighted by Crippen LogP contribution is -2.52. The zero-order chi connectivity index (χ0) is 10.2. The van der Waals surface area contributed by atoms with Crippen LogP contribution in [0.4, 0.5) is 4.39 Å². The van der Waals surface area contributed by atoms with Crippen molar-refractivity contribution >= 4 is 5.78 Å². The molecule has 3 heteroatoms. The second-order valence-corrected chi connectivity index (χ2v) is 3.64. The second-order valence-electron chi connectivity index (χ2n) is 3.64. The summed E-state index contributed by atoms with van der Waals surface area (Å²) >= 11 is 0. The van der Waals surface area contributed by atoms with E-state index in [4.69, 9.17) is 4.74 Å². The molecule has 1 aliphatic rings. The summed E-state index contributed by atoms with van der Waals surface area (Å²) in [5.41, 5.74) is 0.124. The maximum atomic E-state index is 13.0. The van der Waals surface area contributed by atoms with Crippen molar-refractivity contribution in [2.24, 2.45) is 0 Å². The van der Waals surface area contributed by atoms with Gasteiger partial charge < -0.3 is 4.74 Å². The van der Waals surface area contributed by atoms with E-state index in [0.29, 0.717) is 13.2 Å². The summed E-state index contributed by atoms with van der Waals surface area (Å²) in [6, 6.07) is 6.17. The number of Topliss-reactive ketones (excluding diaryl/α,β-unsaturated/α-hetero) is 1. The first kappa shape index (κ1) is 9.34. The van der Waals surface area contributed by atoms with Crippen LogP contribution in [0.5, 0.6) is 0 Å². The molecule has 2 rings (SSSR count). The van der Waals surface area contributed by atoms with Gasteiger partial charge in [0.1, 0.15) is 17.0 Å². The molecule has 0 bridgehead atoms. The highest BCUT2D eigenvalue weighted by atomic mass is 19.1. The smallest absolute Gasteiger partial charge is 0.145 e. The Morgan fingerprint density at radius 3 is 2.64 bits per heavy atom. The van der Waals surface area contributed by atoms with Crippen LogP contribution in [0.2, 0.25) is 0 Å². The molecule has 0 amide bonds. The standard InChI is InChI=1S/C11H11FO2/c1-8(13)11(6-14-7-11)9-3-2-4-10(12)5-9/h2-5H,6-7H2,1H3. The van der Waals surface area contributed by atoms with E-state index < -0.39 is 5.41 Å². The first-order valence-electron chi connectivity index (χ1n) is 4.50. The normalized spacial score (nSPS) is 18.7. The third kappa shape index (κ3) is 1.24.